The van der Waals surface area contributed by atoms with Gasteiger partial charge in [0.05, 0.1) is 0 Å². The highest BCUT2D eigenvalue weighted by Crippen LogP contribution is 2.12. The minimum absolute atomic E-state index is 0. The fourth-order valence-corrected chi connectivity index (χ4v) is 1.54. The summed E-state index contributed by atoms with van der Waals surface area (Å²) in [5.74, 6) is 0.956. The number of rotatable bonds is 10. The van der Waals surface area contributed by atoms with Crippen LogP contribution in [0.1, 0.15) is 44.5 Å². The Hall–Kier alpha value is -1.18. The largest absolute Gasteiger partial charge is 0.374 e. The topological polar surface area (TPSA) is 89.3 Å². The lowest BCUT2D eigenvalue weighted by molar-refractivity contribution is -0.121. The van der Waals surface area contributed by atoms with Crippen LogP contribution in [-0.2, 0) is 16.0 Å². The van der Waals surface area contributed by atoms with Crippen LogP contribution >= 0.6 is 12.4 Å². The maximum absolute atomic E-state index is 11.6. The molecule has 0 saturated carbocycles. The van der Waals surface area contributed by atoms with Crippen LogP contribution < -0.4 is 10.6 Å². The second-order valence-electron chi connectivity index (χ2n) is 4.52. The SMILES string of the molecule is CCCNCCNC(=O)CCc1nc(C(C)OC)no1.Cl. The van der Waals surface area contributed by atoms with E-state index in [1.165, 1.54) is 0 Å². The third-order valence-electron chi connectivity index (χ3n) is 2.82. The van der Waals surface area contributed by atoms with E-state index in [0.29, 0.717) is 31.1 Å². The Kier molecular flexibility index (Phi) is 10.8. The molecule has 21 heavy (non-hydrogen) atoms. The molecule has 1 rings (SSSR count). The van der Waals surface area contributed by atoms with Crippen molar-refractivity contribution < 1.29 is 14.1 Å². The first-order valence-corrected chi connectivity index (χ1v) is 7.00. The highest BCUT2D eigenvalue weighted by atomic mass is 35.5. The summed E-state index contributed by atoms with van der Waals surface area (Å²) in [6.07, 6.45) is 1.67. The Labute approximate surface area is 131 Å². The first-order valence-electron chi connectivity index (χ1n) is 7.00. The fourth-order valence-electron chi connectivity index (χ4n) is 1.54. The maximum atomic E-state index is 11.6. The van der Waals surface area contributed by atoms with Crippen molar-refractivity contribution in [2.75, 3.05) is 26.7 Å². The molecule has 1 atom stereocenters. The lowest BCUT2D eigenvalue weighted by Gasteiger charge is -2.05. The third-order valence-corrected chi connectivity index (χ3v) is 2.82. The van der Waals surface area contributed by atoms with E-state index in [1.54, 1.807) is 7.11 Å². The smallest absolute Gasteiger partial charge is 0.227 e. The number of hydrogen-bond donors (Lipinski definition) is 2. The van der Waals surface area contributed by atoms with Gasteiger partial charge in [-0.2, -0.15) is 4.98 Å². The Morgan fingerprint density at radius 3 is 2.81 bits per heavy atom. The Balaban J connectivity index is 0.00000400. The molecule has 0 saturated heterocycles. The molecule has 1 heterocycles. The number of amides is 1. The predicted octanol–water partition coefficient (Wildman–Crippen LogP) is 1.25. The molecule has 0 bridgehead atoms. The van der Waals surface area contributed by atoms with E-state index in [-0.39, 0.29) is 24.4 Å². The minimum Gasteiger partial charge on any atom is -0.374 e. The number of aryl methyl sites for hydroxylation is 1. The van der Waals surface area contributed by atoms with Gasteiger partial charge in [-0.1, -0.05) is 12.1 Å². The van der Waals surface area contributed by atoms with E-state index in [9.17, 15) is 4.79 Å². The Morgan fingerprint density at radius 1 is 1.38 bits per heavy atom. The molecule has 0 aliphatic rings. The second-order valence-corrected chi connectivity index (χ2v) is 4.52. The van der Waals surface area contributed by atoms with Crippen molar-refractivity contribution in [3.8, 4) is 0 Å². The Morgan fingerprint density at radius 2 is 2.14 bits per heavy atom. The van der Waals surface area contributed by atoms with Gasteiger partial charge in [0.1, 0.15) is 6.10 Å². The van der Waals surface area contributed by atoms with Gasteiger partial charge < -0.3 is 19.9 Å². The molecule has 0 aliphatic heterocycles. The first kappa shape index (κ1) is 19.8. The number of nitrogens with zero attached hydrogens (tertiary/aromatic N) is 2. The van der Waals surface area contributed by atoms with Gasteiger partial charge >= 0.3 is 0 Å². The first-order chi connectivity index (χ1) is 9.67. The molecule has 122 valence electrons. The zero-order chi connectivity index (χ0) is 14.8. The van der Waals surface area contributed by atoms with Gasteiger partial charge in [0.2, 0.25) is 11.8 Å². The van der Waals surface area contributed by atoms with Crippen molar-refractivity contribution >= 4 is 18.3 Å². The van der Waals surface area contributed by atoms with Gasteiger partial charge in [-0.05, 0) is 19.9 Å². The maximum Gasteiger partial charge on any atom is 0.227 e. The zero-order valence-electron chi connectivity index (χ0n) is 12.8. The minimum atomic E-state index is -0.203. The standard InChI is InChI=1S/C13H24N4O3.ClH/c1-4-7-14-8-9-15-11(18)5-6-12-16-13(17-20-12)10(2)19-3;/h10,14H,4-9H2,1-3H3,(H,15,18);1H. The van der Waals surface area contributed by atoms with Crippen LogP contribution in [-0.4, -0.2) is 42.8 Å². The summed E-state index contributed by atoms with van der Waals surface area (Å²) in [5, 5.41) is 9.86. The summed E-state index contributed by atoms with van der Waals surface area (Å²) in [6, 6.07) is 0. The van der Waals surface area contributed by atoms with Crippen LogP contribution in [0.4, 0.5) is 0 Å². The number of hydrogen-bond acceptors (Lipinski definition) is 6. The molecule has 0 radical (unpaired) electrons. The van der Waals surface area contributed by atoms with Crippen LogP contribution in [0, 0.1) is 0 Å². The second kappa shape index (κ2) is 11.5. The molecule has 1 aromatic heterocycles. The highest BCUT2D eigenvalue weighted by molar-refractivity contribution is 5.85. The molecular formula is C13H25ClN4O3. The average Bonchev–Trinajstić information content (AvgIpc) is 2.93. The van der Waals surface area contributed by atoms with Crippen LogP contribution in [0.25, 0.3) is 0 Å². The van der Waals surface area contributed by atoms with E-state index >= 15 is 0 Å². The summed E-state index contributed by atoms with van der Waals surface area (Å²) < 4.78 is 10.2. The quantitative estimate of drug-likeness (QED) is 0.631. The van der Waals surface area contributed by atoms with E-state index < -0.39 is 0 Å². The van der Waals surface area contributed by atoms with Gasteiger partial charge in [0, 0.05) is 33.0 Å². The highest BCUT2D eigenvalue weighted by Gasteiger charge is 2.13. The zero-order valence-corrected chi connectivity index (χ0v) is 13.7. The van der Waals surface area contributed by atoms with Gasteiger partial charge in [0.15, 0.2) is 5.82 Å². The Bertz CT molecular complexity index is 401. The van der Waals surface area contributed by atoms with Crippen molar-refractivity contribution in [2.24, 2.45) is 0 Å². The number of ether oxygens (including phenoxy) is 1. The average molecular weight is 321 g/mol. The van der Waals surface area contributed by atoms with Crippen LogP contribution in [0.15, 0.2) is 4.52 Å². The van der Waals surface area contributed by atoms with Crippen LogP contribution in [0.2, 0.25) is 0 Å². The summed E-state index contributed by atoms with van der Waals surface area (Å²) in [7, 11) is 1.58. The molecule has 0 spiro atoms. The molecule has 1 aromatic rings. The molecule has 2 N–H and O–H groups in total. The molecule has 0 aliphatic carbocycles. The van der Waals surface area contributed by atoms with E-state index in [0.717, 1.165) is 19.5 Å². The van der Waals surface area contributed by atoms with Gasteiger partial charge in [0.25, 0.3) is 0 Å². The number of methoxy groups -OCH3 is 1. The number of aromatic nitrogens is 2. The molecule has 8 heteroatoms. The molecule has 0 fully saturated rings. The molecule has 7 nitrogen and oxygen atoms in total. The third kappa shape index (κ3) is 7.99. The van der Waals surface area contributed by atoms with Crippen LogP contribution in [0.5, 0.6) is 0 Å². The van der Waals surface area contributed by atoms with Crippen molar-refractivity contribution in [2.45, 2.75) is 39.2 Å². The molecule has 1 unspecified atom stereocenters. The van der Waals surface area contributed by atoms with E-state index in [1.807, 2.05) is 6.92 Å². The number of nitrogens with one attached hydrogen (secondary N) is 2. The van der Waals surface area contributed by atoms with Gasteiger partial charge in [-0.15, -0.1) is 12.4 Å². The molecule has 0 aromatic carbocycles. The van der Waals surface area contributed by atoms with Crippen molar-refractivity contribution in [1.29, 1.82) is 0 Å². The van der Waals surface area contributed by atoms with Gasteiger partial charge in [-0.25, -0.2) is 0 Å². The summed E-state index contributed by atoms with van der Waals surface area (Å²) in [5.41, 5.74) is 0. The normalized spacial score (nSPS) is 11.8. The monoisotopic (exact) mass is 320 g/mol. The lowest BCUT2D eigenvalue weighted by Crippen LogP contribution is -2.32. The number of carbonyl (C=O) groups is 1. The predicted molar refractivity (Wildman–Crippen MR) is 81.5 cm³/mol. The van der Waals surface area contributed by atoms with E-state index in [2.05, 4.69) is 27.7 Å². The summed E-state index contributed by atoms with van der Waals surface area (Å²) >= 11 is 0. The number of carbonyl (C=O) groups excluding carboxylic acids is 1. The van der Waals surface area contributed by atoms with Gasteiger partial charge in [-0.3, -0.25) is 4.79 Å². The number of halogens is 1. The summed E-state index contributed by atoms with van der Waals surface area (Å²) in [6.45, 7) is 6.34. The summed E-state index contributed by atoms with van der Waals surface area (Å²) in [4.78, 5) is 15.8. The van der Waals surface area contributed by atoms with Crippen LogP contribution in [0.3, 0.4) is 0 Å². The van der Waals surface area contributed by atoms with E-state index in [4.69, 9.17) is 9.26 Å². The van der Waals surface area contributed by atoms with Crippen molar-refractivity contribution in [3.63, 3.8) is 0 Å². The van der Waals surface area contributed by atoms with Crippen molar-refractivity contribution in [3.05, 3.63) is 11.7 Å². The lowest BCUT2D eigenvalue weighted by atomic mass is 10.3. The fraction of sp³-hybridized carbons (Fsp3) is 0.769. The molecular weight excluding hydrogens is 296 g/mol. The van der Waals surface area contributed by atoms with Crippen molar-refractivity contribution in [1.82, 2.24) is 20.8 Å². The molecule has 1 amide bonds.